The molecular formula is C23H32N4O2. The van der Waals surface area contributed by atoms with Gasteiger partial charge in [0.15, 0.2) is 0 Å². The summed E-state index contributed by atoms with van der Waals surface area (Å²) >= 11 is 0. The zero-order chi connectivity index (χ0) is 20.8. The number of amides is 3. The molecule has 1 atom stereocenters. The number of hydrogen-bond donors (Lipinski definition) is 1. The van der Waals surface area contributed by atoms with Crippen molar-refractivity contribution >= 4 is 11.9 Å². The maximum absolute atomic E-state index is 13.2. The van der Waals surface area contributed by atoms with Crippen molar-refractivity contribution in [2.24, 2.45) is 7.05 Å². The highest BCUT2D eigenvalue weighted by molar-refractivity contribution is 5.84. The summed E-state index contributed by atoms with van der Waals surface area (Å²) in [6.45, 7) is 5.18. The van der Waals surface area contributed by atoms with E-state index in [4.69, 9.17) is 0 Å². The van der Waals surface area contributed by atoms with E-state index in [1.807, 2.05) is 79.0 Å². The third-order valence-corrected chi connectivity index (χ3v) is 5.67. The Hall–Kier alpha value is -2.76. The van der Waals surface area contributed by atoms with E-state index in [2.05, 4.69) is 5.32 Å². The van der Waals surface area contributed by atoms with Crippen LogP contribution >= 0.6 is 0 Å². The number of nitrogens with one attached hydrogen (secondary N) is 1. The lowest BCUT2D eigenvalue weighted by atomic mass is 10.2. The molecule has 1 saturated carbocycles. The molecule has 6 nitrogen and oxygen atoms in total. The molecule has 1 aromatic heterocycles. The van der Waals surface area contributed by atoms with Crippen LogP contribution in [0.3, 0.4) is 0 Å². The van der Waals surface area contributed by atoms with Gasteiger partial charge in [0.25, 0.3) is 0 Å². The topological polar surface area (TPSA) is 57.6 Å². The van der Waals surface area contributed by atoms with Gasteiger partial charge in [0.2, 0.25) is 5.91 Å². The van der Waals surface area contributed by atoms with Crippen LogP contribution in [-0.4, -0.2) is 44.9 Å². The normalized spacial score (nSPS) is 14.3. The molecule has 3 rings (SSSR count). The summed E-state index contributed by atoms with van der Waals surface area (Å²) in [6.07, 6.45) is 4.88. The van der Waals surface area contributed by atoms with E-state index in [0.29, 0.717) is 19.1 Å². The van der Waals surface area contributed by atoms with E-state index < -0.39 is 0 Å². The number of benzene rings is 1. The summed E-state index contributed by atoms with van der Waals surface area (Å²) in [5, 5.41) is 2.97. The van der Waals surface area contributed by atoms with Gasteiger partial charge in [-0.2, -0.15) is 0 Å². The Kier molecular flexibility index (Phi) is 6.96. The number of aryl methyl sites for hydroxylation is 1. The highest BCUT2D eigenvalue weighted by Gasteiger charge is 2.34. The van der Waals surface area contributed by atoms with Gasteiger partial charge in [0, 0.05) is 37.6 Å². The van der Waals surface area contributed by atoms with Gasteiger partial charge in [-0.3, -0.25) is 4.79 Å². The van der Waals surface area contributed by atoms with Crippen LogP contribution in [0.4, 0.5) is 4.79 Å². The van der Waals surface area contributed by atoms with Crippen molar-refractivity contribution in [3.05, 3.63) is 59.9 Å². The first kappa shape index (κ1) is 21.0. The van der Waals surface area contributed by atoms with Crippen LogP contribution in [0, 0.1) is 0 Å². The number of urea groups is 1. The van der Waals surface area contributed by atoms with Gasteiger partial charge < -0.3 is 19.7 Å². The van der Waals surface area contributed by atoms with Crippen molar-refractivity contribution in [2.45, 2.75) is 58.3 Å². The standard InChI is InChI=1S/C23H32N4O2/c1-4-18(2)26(23(29)24-15-19-9-6-5-7-10-19)17-22(28)27(20-12-13-20)16-21-11-8-14-25(21)3/h5-11,14,18,20H,4,12-13,15-17H2,1-3H3,(H,24,29)/t18-/m1/s1. The van der Waals surface area contributed by atoms with Crippen molar-refractivity contribution in [1.82, 2.24) is 19.7 Å². The molecule has 1 heterocycles. The molecule has 0 unspecified atom stereocenters. The first-order valence-electron chi connectivity index (χ1n) is 10.5. The Morgan fingerprint density at radius 1 is 1.17 bits per heavy atom. The number of hydrogen-bond acceptors (Lipinski definition) is 2. The molecule has 29 heavy (non-hydrogen) atoms. The van der Waals surface area contributed by atoms with Crippen LogP contribution in [0.1, 0.15) is 44.4 Å². The highest BCUT2D eigenvalue weighted by atomic mass is 16.2. The molecule has 0 bridgehead atoms. The van der Waals surface area contributed by atoms with Gasteiger partial charge in [-0.05, 0) is 43.9 Å². The fourth-order valence-corrected chi connectivity index (χ4v) is 3.40. The van der Waals surface area contributed by atoms with Gasteiger partial charge >= 0.3 is 6.03 Å². The van der Waals surface area contributed by atoms with E-state index in [1.165, 1.54) is 0 Å². The molecule has 2 aromatic rings. The average molecular weight is 397 g/mol. The molecule has 6 heteroatoms. The van der Waals surface area contributed by atoms with Crippen molar-refractivity contribution in [3.8, 4) is 0 Å². The molecule has 0 saturated heterocycles. The number of carbonyl (C=O) groups excluding carboxylic acids is 2. The number of rotatable bonds is 9. The second kappa shape index (κ2) is 9.63. The fourth-order valence-electron chi connectivity index (χ4n) is 3.40. The van der Waals surface area contributed by atoms with Gasteiger partial charge in [0.05, 0.1) is 6.54 Å². The monoisotopic (exact) mass is 396 g/mol. The minimum atomic E-state index is -0.189. The summed E-state index contributed by atoms with van der Waals surface area (Å²) in [6, 6.07) is 14.0. The van der Waals surface area contributed by atoms with Crippen LogP contribution in [0.25, 0.3) is 0 Å². The second-order valence-corrected chi connectivity index (χ2v) is 7.89. The van der Waals surface area contributed by atoms with Crippen molar-refractivity contribution in [2.75, 3.05) is 6.54 Å². The molecule has 1 fully saturated rings. The first-order valence-corrected chi connectivity index (χ1v) is 10.5. The highest BCUT2D eigenvalue weighted by Crippen LogP contribution is 2.28. The summed E-state index contributed by atoms with van der Waals surface area (Å²) < 4.78 is 2.04. The molecule has 1 aromatic carbocycles. The smallest absolute Gasteiger partial charge is 0.318 e. The lowest BCUT2D eigenvalue weighted by molar-refractivity contribution is -0.133. The van der Waals surface area contributed by atoms with Crippen LogP contribution < -0.4 is 5.32 Å². The molecule has 1 aliphatic carbocycles. The van der Waals surface area contributed by atoms with Crippen LogP contribution in [0.15, 0.2) is 48.7 Å². The molecular weight excluding hydrogens is 364 g/mol. The third-order valence-electron chi connectivity index (χ3n) is 5.67. The third kappa shape index (κ3) is 5.62. The van der Waals surface area contributed by atoms with E-state index in [9.17, 15) is 9.59 Å². The molecule has 0 radical (unpaired) electrons. The first-order chi connectivity index (χ1) is 14.0. The van der Waals surface area contributed by atoms with Crippen molar-refractivity contribution < 1.29 is 9.59 Å². The quantitative estimate of drug-likeness (QED) is 0.705. The number of nitrogens with zero attached hydrogens (tertiary/aromatic N) is 3. The zero-order valence-corrected chi connectivity index (χ0v) is 17.7. The zero-order valence-electron chi connectivity index (χ0n) is 17.7. The van der Waals surface area contributed by atoms with Gasteiger partial charge in [-0.25, -0.2) is 4.79 Å². The fraction of sp³-hybridized carbons (Fsp3) is 0.478. The largest absolute Gasteiger partial charge is 0.353 e. The predicted molar refractivity (Wildman–Crippen MR) is 114 cm³/mol. The van der Waals surface area contributed by atoms with Gasteiger partial charge in [-0.15, -0.1) is 0 Å². The minimum Gasteiger partial charge on any atom is -0.353 e. The maximum atomic E-state index is 13.2. The number of carbonyl (C=O) groups is 2. The molecule has 1 aliphatic rings. The second-order valence-electron chi connectivity index (χ2n) is 7.89. The molecule has 1 N–H and O–H groups in total. The molecule has 156 valence electrons. The number of aromatic nitrogens is 1. The van der Waals surface area contributed by atoms with Crippen molar-refractivity contribution in [3.63, 3.8) is 0 Å². The van der Waals surface area contributed by atoms with Crippen molar-refractivity contribution in [1.29, 1.82) is 0 Å². The Morgan fingerprint density at radius 2 is 1.90 bits per heavy atom. The predicted octanol–water partition coefficient (Wildman–Crippen LogP) is 3.53. The maximum Gasteiger partial charge on any atom is 0.318 e. The Balaban J connectivity index is 1.65. The van der Waals surface area contributed by atoms with Crippen LogP contribution in [0.2, 0.25) is 0 Å². The Bertz CT molecular complexity index is 813. The minimum absolute atomic E-state index is 0.00851. The van der Waals surface area contributed by atoms with E-state index in [-0.39, 0.29) is 24.5 Å². The van der Waals surface area contributed by atoms with Gasteiger partial charge in [0.1, 0.15) is 6.54 Å². The molecule has 3 amide bonds. The van der Waals surface area contributed by atoms with E-state index in [0.717, 1.165) is 30.5 Å². The Morgan fingerprint density at radius 3 is 2.48 bits per heavy atom. The average Bonchev–Trinajstić information content (AvgIpc) is 3.50. The van der Waals surface area contributed by atoms with Gasteiger partial charge in [-0.1, -0.05) is 37.3 Å². The van der Waals surface area contributed by atoms with Crippen LogP contribution in [0.5, 0.6) is 0 Å². The summed E-state index contributed by atoms with van der Waals surface area (Å²) in [4.78, 5) is 29.7. The summed E-state index contributed by atoms with van der Waals surface area (Å²) in [5.41, 5.74) is 2.15. The lowest BCUT2D eigenvalue weighted by Gasteiger charge is -2.31. The molecule has 0 spiro atoms. The van der Waals surface area contributed by atoms with E-state index >= 15 is 0 Å². The lowest BCUT2D eigenvalue weighted by Crippen LogP contribution is -2.50. The Labute approximate surface area is 173 Å². The SMILES string of the molecule is CC[C@@H](C)N(CC(=O)N(Cc1cccn1C)C1CC1)C(=O)NCc1ccccc1. The summed E-state index contributed by atoms with van der Waals surface area (Å²) in [5.74, 6) is 0.0175. The molecule has 0 aliphatic heterocycles. The van der Waals surface area contributed by atoms with Crippen LogP contribution in [-0.2, 0) is 24.9 Å². The summed E-state index contributed by atoms with van der Waals surface area (Å²) in [7, 11) is 1.99. The van der Waals surface area contributed by atoms with E-state index in [1.54, 1.807) is 4.90 Å².